The first-order valence-corrected chi connectivity index (χ1v) is 3.99. The van der Waals surface area contributed by atoms with Crippen LogP contribution in [-0.4, -0.2) is 11.1 Å². The van der Waals surface area contributed by atoms with Crippen LogP contribution in [0, 0.1) is 0 Å². The van der Waals surface area contributed by atoms with Crippen LogP contribution in [0.3, 0.4) is 0 Å². The molecule has 0 aromatic carbocycles. The summed E-state index contributed by atoms with van der Waals surface area (Å²) >= 11 is 0. The van der Waals surface area contributed by atoms with Gasteiger partial charge in [0.15, 0.2) is 0 Å². The molecule has 0 aromatic heterocycles. The molecule has 0 aliphatic rings. The van der Waals surface area contributed by atoms with Gasteiger partial charge in [-0.1, -0.05) is 32.6 Å². The second-order valence-electron chi connectivity index (χ2n) is 2.56. The van der Waals surface area contributed by atoms with E-state index in [4.69, 9.17) is 5.11 Å². The monoisotopic (exact) mass is 196 g/mol. The van der Waals surface area contributed by atoms with E-state index in [-0.39, 0.29) is 17.4 Å². The number of carboxylic acid groups (broad SMARTS) is 1. The third kappa shape index (κ3) is 13.1. The number of carboxylic acids is 1. The molecule has 0 aliphatic heterocycles. The fraction of sp³-hybridized carbons (Fsp3) is 0.875. The van der Waals surface area contributed by atoms with Crippen molar-refractivity contribution in [2.75, 3.05) is 0 Å². The summed E-state index contributed by atoms with van der Waals surface area (Å²) < 4.78 is 0. The second kappa shape index (κ2) is 10.0. The predicted molar refractivity (Wildman–Crippen MR) is 41.0 cm³/mol. The Morgan fingerprint density at radius 3 is 2.18 bits per heavy atom. The van der Waals surface area contributed by atoms with Crippen LogP contribution in [0.1, 0.15) is 45.4 Å². The van der Waals surface area contributed by atoms with Gasteiger partial charge in [-0.25, -0.2) is 0 Å². The third-order valence-electron chi connectivity index (χ3n) is 1.49. The van der Waals surface area contributed by atoms with E-state index in [1.165, 1.54) is 19.3 Å². The van der Waals surface area contributed by atoms with Crippen molar-refractivity contribution in [1.29, 1.82) is 0 Å². The van der Waals surface area contributed by atoms with E-state index >= 15 is 0 Å². The van der Waals surface area contributed by atoms with Gasteiger partial charge in [0, 0.05) is 23.8 Å². The Morgan fingerprint density at radius 1 is 1.18 bits per heavy atom. The minimum atomic E-state index is -0.670. The van der Waals surface area contributed by atoms with E-state index in [0.29, 0.717) is 6.42 Å². The summed E-state index contributed by atoms with van der Waals surface area (Å²) in [5, 5.41) is 8.27. The standard InChI is InChI=1S/C8H16O2.Cr/c1-2-3-4-5-6-7-8(9)10;/h2-7H2,1H3,(H,9,10);. The first-order chi connectivity index (χ1) is 4.77. The summed E-state index contributed by atoms with van der Waals surface area (Å²) in [5.41, 5.74) is 0. The van der Waals surface area contributed by atoms with Gasteiger partial charge in [0.05, 0.1) is 0 Å². The fourth-order valence-electron chi connectivity index (χ4n) is 0.880. The quantitative estimate of drug-likeness (QED) is 0.662. The van der Waals surface area contributed by atoms with Gasteiger partial charge >= 0.3 is 5.97 Å². The minimum absolute atomic E-state index is 0. The van der Waals surface area contributed by atoms with Gasteiger partial charge in [-0.2, -0.15) is 0 Å². The van der Waals surface area contributed by atoms with Crippen molar-refractivity contribution in [1.82, 2.24) is 0 Å². The predicted octanol–water partition coefficient (Wildman–Crippen LogP) is 2.43. The van der Waals surface area contributed by atoms with Crippen molar-refractivity contribution < 1.29 is 27.3 Å². The molecular weight excluding hydrogens is 180 g/mol. The van der Waals surface area contributed by atoms with Crippen molar-refractivity contribution in [3.8, 4) is 0 Å². The number of carbonyl (C=O) groups is 1. The zero-order valence-electron chi connectivity index (χ0n) is 7.01. The molecule has 0 fully saturated rings. The zero-order valence-corrected chi connectivity index (χ0v) is 8.28. The summed E-state index contributed by atoms with van der Waals surface area (Å²) in [5.74, 6) is -0.670. The molecule has 0 atom stereocenters. The average molecular weight is 196 g/mol. The van der Waals surface area contributed by atoms with Crippen molar-refractivity contribution in [2.45, 2.75) is 45.4 Å². The SMILES string of the molecule is CCCCCCCC(=O)O.[Cr]. The summed E-state index contributed by atoms with van der Waals surface area (Å²) in [6.07, 6.45) is 5.88. The van der Waals surface area contributed by atoms with Gasteiger partial charge in [0.25, 0.3) is 0 Å². The Labute approximate surface area is 79.1 Å². The number of rotatable bonds is 6. The summed E-state index contributed by atoms with van der Waals surface area (Å²) in [7, 11) is 0. The molecule has 0 spiro atoms. The smallest absolute Gasteiger partial charge is 0.303 e. The van der Waals surface area contributed by atoms with Crippen LogP contribution in [0.15, 0.2) is 0 Å². The average Bonchev–Trinajstić information content (AvgIpc) is 1.87. The molecule has 2 nitrogen and oxygen atoms in total. The first kappa shape index (κ1) is 13.6. The van der Waals surface area contributed by atoms with Gasteiger partial charge < -0.3 is 5.11 Å². The largest absolute Gasteiger partial charge is 0.481 e. The molecule has 11 heavy (non-hydrogen) atoms. The minimum Gasteiger partial charge on any atom is -0.481 e. The van der Waals surface area contributed by atoms with Crippen molar-refractivity contribution >= 4 is 5.97 Å². The van der Waals surface area contributed by atoms with E-state index in [2.05, 4.69) is 6.92 Å². The Morgan fingerprint density at radius 2 is 1.73 bits per heavy atom. The van der Waals surface area contributed by atoms with Crippen LogP contribution in [-0.2, 0) is 22.2 Å². The van der Waals surface area contributed by atoms with Crippen LogP contribution in [0.5, 0.6) is 0 Å². The molecule has 3 heteroatoms. The van der Waals surface area contributed by atoms with E-state index < -0.39 is 5.97 Å². The van der Waals surface area contributed by atoms with Gasteiger partial charge in [-0.05, 0) is 6.42 Å². The number of hydrogen-bond acceptors (Lipinski definition) is 1. The zero-order chi connectivity index (χ0) is 7.82. The van der Waals surface area contributed by atoms with Crippen LogP contribution in [0.4, 0.5) is 0 Å². The molecular formula is C8H16CrO2. The fourth-order valence-corrected chi connectivity index (χ4v) is 0.880. The van der Waals surface area contributed by atoms with Crippen molar-refractivity contribution in [3.05, 3.63) is 0 Å². The van der Waals surface area contributed by atoms with Crippen LogP contribution < -0.4 is 0 Å². The Kier molecular flexibility index (Phi) is 12.4. The molecule has 0 bridgehead atoms. The Hall–Kier alpha value is 0.00247. The van der Waals surface area contributed by atoms with Crippen molar-refractivity contribution in [3.63, 3.8) is 0 Å². The van der Waals surface area contributed by atoms with Gasteiger partial charge in [0.1, 0.15) is 0 Å². The molecule has 0 rings (SSSR count). The molecule has 0 saturated heterocycles. The molecule has 66 valence electrons. The topological polar surface area (TPSA) is 37.3 Å². The third-order valence-corrected chi connectivity index (χ3v) is 1.49. The Bertz CT molecular complexity index is 94.1. The van der Waals surface area contributed by atoms with Crippen LogP contribution in [0.2, 0.25) is 0 Å². The molecule has 0 saturated carbocycles. The molecule has 0 aromatic rings. The van der Waals surface area contributed by atoms with Crippen LogP contribution >= 0.6 is 0 Å². The number of aliphatic carboxylic acids is 1. The van der Waals surface area contributed by atoms with E-state index in [1.54, 1.807) is 0 Å². The summed E-state index contributed by atoms with van der Waals surface area (Å²) in [6, 6.07) is 0. The molecule has 0 unspecified atom stereocenters. The maximum absolute atomic E-state index is 10.0. The molecule has 0 heterocycles. The first-order valence-electron chi connectivity index (χ1n) is 3.99. The maximum Gasteiger partial charge on any atom is 0.303 e. The molecule has 0 aliphatic carbocycles. The normalized spacial score (nSPS) is 8.82. The van der Waals surface area contributed by atoms with Gasteiger partial charge in [-0.3, -0.25) is 4.79 Å². The van der Waals surface area contributed by atoms with Crippen molar-refractivity contribution in [2.24, 2.45) is 0 Å². The summed E-state index contributed by atoms with van der Waals surface area (Å²) in [6.45, 7) is 2.15. The van der Waals surface area contributed by atoms with E-state index in [9.17, 15) is 4.79 Å². The molecule has 0 amide bonds. The van der Waals surface area contributed by atoms with Gasteiger partial charge in [-0.15, -0.1) is 0 Å². The second-order valence-corrected chi connectivity index (χ2v) is 2.56. The maximum atomic E-state index is 10.0. The Balaban J connectivity index is 0. The van der Waals surface area contributed by atoms with Gasteiger partial charge in [0.2, 0.25) is 0 Å². The number of hydrogen-bond donors (Lipinski definition) is 1. The molecule has 1 N–H and O–H groups in total. The summed E-state index contributed by atoms with van der Waals surface area (Å²) in [4.78, 5) is 10.0. The number of unbranched alkanes of at least 4 members (excludes halogenated alkanes) is 4. The molecule has 0 radical (unpaired) electrons. The van der Waals surface area contributed by atoms with E-state index in [0.717, 1.165) is 12.8 Å². The van der Waals surface area contributed by atoms with Crippen LogP contribution in [0.25, 0.3) is 0 Å². The van der Waals surface area contributed by atoms with E-state index in [1.807, 2.05) is 0 Å².